The molecule has 0 fully saturated rings. The lowest BCUT2D eigenvalue weighted by molar-refractivity contribution is -0.705. The van der Waals surface area contributed by atoms with E-state index in [1.807, 2.05) is 0 Å². The van der Waals surface area contributed by atoms with E-state index >= 15 is 0 Å². The normalized spacial score (nSPS) is 14.6. The molecule has 0 heterocycles. The Morgan fingerprint density at radius 3 is 2.64 bits per heavy atom. The molecule has 7 nitrogen and oxygen atoms in total. The molecule has 0 rings (SSSR count). The Morgan fingerprint density at radius 2 is 2.27 bits per heavy atom. The van der Waals surface area contributed by atoms with E-state index in [1.54, 1.807) is 0 Å². The van der Waals surface area contributed by atoms with Crippen molar-refractivity contribution in [3.8, 4) is 0 Å². The third-order valence-electron chi connectivity index (χ3n) is 1.05. The standard InChI is InChI=1S/C4H11N3O4/c1-6(7(11)5-10)2-4(9)3-8/h4,8-10H,2-3H2,1H3. The van der Waals surface area contributed by atoms with Crippen LogP contribution >= 0.6 is 0 Å². The minimum absolute atomic E-state index is 0.0932. The Kier molecular flexibility index (Phi) is 4.23. The lowest BCUT2D eigenvalue weighted by Crippen LogP contribution is -2.35. The van der Waals surface area contributed by atoms with E-state index in [0.29, 0.717) is 0 Å². The third kappa shape index (κ3) is 3.58. The van der Waals surface area contributed by atoms with Gasteiger partial charge in [0.1, 0.15) is 12.6 Å². The average molecular weight is 165 g/mol. The summed E-state index contributed by atoms with van der Waals surface area (Å²) in [4.78, 5) is -0.0983. The lowest BCUT2D eigenvalue weighted by atomic mass is 10.4. The molecule has 3 N–H and O–H groups in total. The number of likely N-dealkylation sites (N-methyl/N-ethyl adjacent to an activating group) is 1. The third-order valence-corrected chi connectivity index (χ3v) is 1.05. The van der Waals surface area contributed by atoms with Gasteiger partial charge in [0.2, 0.25) is 5.28 Å². The van der Waals surface area contributed by atoms with Gasteiger partial charge in [-0.3, -0.25) is 0 Å². The van der Waals surface area contributed by atoms with Gasteiger partial charge >= 0.3 is 0 Å². The van der Waals surface area contributed by atoms with E-state index in [4.69, 9.17) is 15.4 Å². The first-order valence-electron chi connectivity index (χ1n) is 2.94. The summed E-state index contributed by atoms with van der Waals surface area (Å²) in [5, 5.41) is 38.7. The van der Waals surface area contributed by atoms with E-state index in [1.165, 1.54) is 7.05 Å². The van der Waals surface area contributed by atoms with E-state index < -0.39 is 12.7 Å². The molecular weight excluding hydrogens is 154 g/mol. The van der Waals surface area contributed by atoms with Crippen molar-refractivity contribution in [2.45, 2.75) is 6.10 Å². The second-order valence-electron chi connectivity index (χ2n) is 2.02. The molecule has 66 valence electrons. The molecule has 7 heteroatoms. The Hall–Kier alpha value is -1.08. The van der Waals surface area contributed by atoms with Crippen LogP contribution in [0.1, 0.15) is 0 Å². The average Bonchev–Trinajstić information content (AvgIpc) is 2.02. The van der Waals surface area contributed by atoms with E-state index in [2.05, 4.69) is 5.28 Å². The van der Waals surface area contributed by atoms with Gasteiger partial charge < -0.3 is 20.6 Å². The van der Waals surface area contributed by atoms with Crippen molar-refractivity contribution in [1.29, 1.82) is 0 Å². The fraction of sp³-hybridized carbons (Fsp3) is 1.00. The fourth-order valence-electron chi connectivity index (χ4n) is 0.501. The van der Waals surface area contributed by atoms with Crippen molar-refractivity contribution in [1.82, 2.24) is 5.01 Å². The number of hydrogen-bond donors (Lipinski definition) is 3. The van der Waals surface area contributed by atoms with Crippen molar-refractivity contribution in [2.24, 2.45) is 5.28 Å². The maximum Gasteiger partial charge on any atom is 0.230 e. The molecule has 1 unspecified atom stereocenters. The highest BCUT2D eigenvalue weighted by atomic mass is 16.6. The molecule has 0 aliphatic rings. The van der Waals surface area contributed by atoms with Crippen LogP contribution in [0, 0.1) is 5.21 Å². The van der Waals surface area contributed by atoms with Gasteiger partial charge in [0, 0.05) is 0 Å². The molecule has 0 aromatic heterocycles. The van der Waals surface area contributed by atoms with Gasteiger partial charge in [-0.05, 0) is 0 Å². The van der Waals surface area contributed by atoms with Crippen molar-refractivity contribution in [3.63, 3.8) is 0 Å². The molecule has 0 aliphatic carbocycles. The Morgan fingerprint density at radius 1 is 1.73 bits per heavy atom. The maximum atomic E-state index is 10.4. The lowest BCUT2D eigenvalue weighted by Gasteiger charge is -2.14. The van der Waals surface area contributed by atoms with E-state index in [9.17, 15) is 5.21 Å². The van der Waals surface area contributed by atoms with Gasteiger partial charge in [-0.25, -0.2) is 0 Å². The minimum Gasteiger partial charge on any atom is -0.569 e. The van der Waals surface area contributed by atoms with Gasteiger partial charge in [-0.15, -0.1) is 5.01 Å². The van der Waals surface area contributed by atoms with Crippen molar-refractivity contribution < 1.29 is 20.4 Å². The van der Waals surface area contributed by atoms with Gasteiger partial charge in [0.05, 0.1) is 18.6 Å². The Balaban J connectivity index is 3.77. The topological polar surface area (TPSA) is 102 Å². The van der Waals surface area contributed by atoms with Crippen LogP contribution in [0.25, 0.3) is 0 Å². The van der Waals surface area contributed by atoms with Gasteiger partial charge in [0.25, 0.3) is 0 Å². The Bertz CT molecular complexity index is 139. The number of rotatable bonds is 4. The molecule has 1 atom stereocenters. The van der Waals surface area contributed by atoms with Crippen LogP contribution in [0.3, 0.4) is 0 Å². The predicted molar refractivity (Wildman–Crippen MR) is 33.6 cm³/mol. The summed E-state index contributed by atoms with van der Waals surface area (Å²) in [7, 11) is 1.31. The summed E-state index contributed by atoms with van der Waals surface area (Å²) in [6.45, 7) is -0.534. The smallest absolute Gasteiger partial charge is 0.230 e. The highest BCUT2D eigenvalue weighted by molar-refractivity contribution is 4.51. The first-order valence-corrected chi connectivity index (χ1v) is 2.94. The maximum absolute atomic E-state index is 10.4. The fourth-order valence-corrected chi connectivity index (χ4v) is 0.501. The van der Waals surface area contributed by atoms with Crippen LogP contribution in [0.2, 0.25) is 0 Å². The van der Waals surface area contributed by atoms with Gasteiger partial charge in [-0.1, -0.05) is 0 Å². The largest absolute Gasteiger partial charge is 0.569 e. The van der Waals surface area contributed by atoms with E-state index in [0.717, 1.165) is 5.01 Å². The summed E-state index contributed by atoms with van der Waals surface area (Å²) in [5.41, 5.74) is 0. The van der Waals surface area contributed by atoms with Crippen LogP contribution in [0.4, 0.5) is 0 Å². The minimum atomic E-state index is -1.02. The van der Waals surface area contributed by atoms with Gasteiger partial charge in [-0.2, -0.15) is 0 Å². The molecule has 11 heavy (non-hydrogen) atoms. The Labute approximate surface area is 63.3 Å². The number of aliphatic hydroxyl groups excluding tert-OH is 2. The summed E-state index contributed by atoms with van der Waals surface area (Å²) in [6, 6.07) is 0. The number of hydrazine groups is 1. The summed E-state index contributed by atoms with van der Waals surface area (Å²) in [6.07, 6.45) is -1.02. The highest BCUT2D eigenvalue weighted by Crippen LogP contribution is 1.88. The molecule has 0 saturated carbocycles. The number of aliphatic hydroxyl groups is 2. The molecule has 0 spiro atoms. The van der Waals surface area contributed by atoms with Crippen molar-refractivity contribution in [3.05, 3.63) is 5.21 Å². The SMILES string of the molecule is CN(CC(O)CO)[N+]([O-])=NO. The molecular formula is C4H11N3O4. The first kappa shape index (κ1) is 9.92. The monoisotopic (exact) mass is 165 g/mol. The zero-order valence-electron chi connectivity index (χ0n) is 6.08. The summed E-state index contributed by atoms with van der Waals surface area (Å²) < 4.78 is 0. The van der Waals surface area contributed by atoms with Crippen molar-refractivity contribution in [2.75, 3.05) is 20.2 Å². The van der Waals surface area contributed by atoms with Crippen LogP contribution in [0.5, 0.6) is 0 Å². The molecule has 0 amide bonds. The molecule has 0 aromatic carbocycles. The molecule has 0 saturated heterocycles. The van der Waals surface area contributed by atoms with E-state index in [-0.39, 0.29) is 11.5 Å². The van der Waals surface area contributed by atoms with Crippen LogP contribution < -0.4 is 0 Å². The number of hydrogen-bond acceptors (Lipinski definition) is 4. The second-order valence-corrected chi connectivity index (χ2v) is 2.02. The van der Waals surface area contributed by atoms with Crippen molar-refractivity contribution >= 4 is 0 Å². The molecule has 0 aromatic rings. The van der Waals surface area contributed by atoms with Gasteiger partial charge in [0.15, 0.2) is 0 Å². The summed E-state index contributed by atoms with van der Waals surface area (Å²) in [5.74, 6) is 0. The second kappa shape index (κ2) is 4.69. The molecule has 0 radical (unpaired) electrons. The van der Waals surface area contributed by atoms with Crippen LogP contribution in [-0.2, 0) is 0 Å². The zero-order chi connectivity index (χ0) is 8.85. The van der Waals surface area contributed by atoms with Crippen LogP contribution in [0.15, 0.2) is 5.28 Å². The first-order chi connectivity index (χ1) is 5.11. The quantitative estimate of drug-likeness (QED) is 0.268. The number of nitrogens with zero attached hydrogens (tertiary/aromatic N) is 3. The predicted octanol–water partition coefficient (Wildman–Crippen LogP) is -1.46. The highest BCUT2D eigenvalue weighted by Gasteiger charge is 2.11. The molecule has 0 bridgehead atoms. The van der Waals surface area contributed by atoms with Crippen LogP contribution in [-0.4, -0.2) is 51.7 Å². The zero-order valence-corrected chi connectivity index (χ0v) is 6.08. The summed E-state index contributed by atoms with van der Waals surface area (Å²) >= 11 is 0. The molecule has 0 aliphatic heterocycles.